The summed E-state index contributed by atoms with van der Waals surface area (Å²) in [5, 5.41) is 0. The van der Waals surface area contributed by atoms with Crippen molar-refractivity contribution in [1.29, 1.82) is 0 Å². The van der Waals surface area contributed by atoms with Crippen molar-refractivity contribution in [2.45, 2.75) is 128 Å². The van der Waals surface area contributed by atoms with Gasteiger partial charge in [0.05, 0.1) is 0 Å². The molecule has 0 aliphatic heterocycles. The van der Waals surface area contributed by atoms with E-state index in [1.807, 2.05) is 6.07 Å². The minimum Gasteiger partial charge on any atom is -0.428 e. The second kappa shape index (κ2) is 15.5. The first-order valence-corrected chi connectivity index (χ1v) is 12.6. The molecule has 0 bridgehead atoms. The number of aryl methyl sites for hydroxylation is 1. The number of benzene rings is 1. The van der Waals surface area contributed by atoms with E-state index in [4.69, 9.17) is 4.74 Å². The predicted molar refractivity (Wildman–Crippen MR) is 124 cm³/mol. The van der Waals surface area contributed by atoms with Crippen LogP contribution in [0, 0.1) is 0 Å². The second-order valence-corrected chi connectivity index (χ2v) is 9.02. The van der Waals surface area contributed by atoms with Gasteiger partial charge in [-0.25, -0.2) is 0 Å². The van der Waals surface area contributed by atoms with Crippen LogP contribution in [0.4, 0.5) is 0 Å². The highest BCUT2D eigenvalue weighted by Crippen LogP contribution is 2.40. The van der Waals surface area contributed by atoms with Crippen molar-refractivity contribution in [1.82, 2.24) is 0 Å². The largest absolute Gasteiger partial charge is 0.428 e. The standard InChI is InChI=1S/C27H44O2/c1-2-3-4-5-6-7-8-9-10-11-12-14-18-25-21-17-22-26(29-23-28)27(25)24-19-15-13-16-20-24/h17,21-24H,2-16,18-20H2,1H3. The molecule has 2 rings (SSSR count). The fourth-order valence-electron chi connectivity index (χ4n) is 4.97. The van der Waals surface area contributed by atoms with Crippen LogP contribution in [0.2, 0.25) is 0 Å². The van der Waals surface area contributed by atoms with Gasteiger partial charge >= 0.3 is 0 Å². The van der Waals surface area contributed by atoms with Crippen LogP contribution in [0.25, 0.3) is 0 Å². The van der Waals surface area contributed by atoms with Crippen LogP contribution < -0.4 is 4.74 Å². The molecule has 29 heavy (non-hydrogen) atoms. The Hall–Kier alpha value is -1.31. The molecule has 0 spiro atoms. The minimum absolute atomic E-state index is 0.576. The van der Waals surface area contributed by atoms with Crippen molar-refractivity contribution >= 4 is 6.47 Å². The summed E-state index contributed by atoms with van der Waals surface area (Å²) in [6.45, 7) is 2.88. The number of hydrogen-bond acceptors (Lipinski definition) is 2. The zero-order valence-corrected chi connectivity index (χ0v) is 18.9. The highest BCUT2D eigenvalue weighted by molar-refractivity contribution is 5.51. The van der Waals surface area contributed by atoms with Gasteiger partial charge in [0.2, 0.25) is 0 Å². The Bertz CT molecular complexity index is 545. The minimum atomic E-state index is 0.576. The molecule has 0 amide bonds. The first-order valence-electron chi connectivity index (χ1n) is 12.6. The first-order chi connectivity index (χ1) is 14.4. The maximum Gasteiger partial charge on any atom is 0.298 e. The Labute approximate surface area is 179 Å². The van der Waals surface area contributed by atoms with Crippen molar-refractivity contribution in [3.63, 3.8) is 0 Å². The van der Waals surface area contributed by atoms with Gasteiger partial charge in [-0.05, 0) is 43.2 Å². The molecular formula is C27H44O2. The molecule has 0 aromatic heterocycles. The maximum absolute atomic E-state index is 11.0. The molecule has 0 atom stereocenters. The molecule has 0 unspecified atom stereocenters. The molecule has 1 aliphatic carbocycles. The van der Waals surface area contributed by atoms with Crippen molar-refractivity contribution < 1.29 is 9.53 Å². The number of carbonyl (C=O) groups is 1. The monoisotopic (exact) mass is 400 g/mol. The van der Waals surface area contributed by atoms with Gasteiger partial charge < -0.3 is 4.74 Å². The number of hydrogen-bond donors (Lipinski definition) is 0. The molecule has 0 heterocycles. The van der Waals surface area contributed by atoms with Gasteiger partial charge in [0, 0.05) is 5.56 Å². The third kappa shape index (κ3) is 9.36. The second-order valence-electron chi connectivity index (χ2n) is 9.02. The first kappa shape index (κ1) is 24.0. The van der Waals surface area contributed by atoms with E-state index in [2.05, 4.69) is 19.1 Å². The van der Waals surface area contributed by atoms with Gasteiger partial charge in [0.15, 0.2) is 0 Å². The lowest BCUT2D eigenvalue weighted by Crippen LogP contribution is -2.10. The fourth-order valence-corrected chi connectivity index (χ4v) is 4.97. The van der Waals surface area contributed by atoms with Gasteiger partial charge in [-0.2, -0.15) is 0 Å². The summed E-state index contributed by atoms with van der Waals surface area (Å²) in [6, 6.07) is 6.30. The Morgan fingerprint density at radius 2 is 1.41 bits per heavy atom. The summed E-state index contributed by atoms with van der Waals surface area (Å²) >= 11 is 0. The molecule has 2 heteroatoms. The van der Waals surface area contributed by atoms with Crippen LogP contribution in [0.5, 0.6) is 5.75 Å². The van der Waals surface area contributed by atoms with E-state index in [9.17, 15) is 4.79 Å². The van der Waals surface area contributed by atoms with Crippen LogP contribution in [0.3, 0.4) is 0 Å². The van der Waals surface area contributed by atoms with Gasteiger partial charge in [0.25, 0.3) is 6.47 Å². The average molecular weight is 401 g/mol. The van der Waals surface area contributed by atoms with E-state index in [-0.39, 0.29) is 0 Å². The van der Waals surface area contributed by atoms with E-state index in [1.165, 1.54) is 120 Å². The summed E-state index contributed by atoms with van der Waals surface area (Å²) in [5.41, 5.74) is 2.76. The Kier molecular flexibility index (Phi) is 12.8. The molecule has 1 aromatic rings. The molecule has 0 N–H and O–H groups in total. The molecule has 164 valence electrons. The summed E-state index contributed by atoms with van der Waals surface area (Å²) < 4.78 is 5.36. The van der Waals surface area contributed by atoms with E-state index in [0.717, 1.165) is 12.2 Å². The summed E-state index contributed by atoms with van der Waals surface area (Å²) in [6.07, 6.45) is 24.2. The van der Waals surface area contributed by atoms with Crippen LogP contribution in [-0.4, -0.2) is 6.47 Å². The SMILES string of the molecule is CCCCCCCCCCCCCCc1cccc(OC=O)c1C1CCCCC1. The predicted octanol–water partition coefficient (Wildman–Crippen LogP) is 8.51. The van der Waals surface area contributed by atoms with Crippen molar-refractivity contribution in [3.05, 3.63) is 29.3 Å². The number of carbonyl (C=O) groups excluding carboxylic acids is 1. The van der Waals surface area contributed by atoms with Gasteiger partial charge in [-0.15, -0.1) is 0 Å². The molecule has 0 radical (unpaired) electrons. The molecular weight excluding hydrogens is 356 g/mol. The summed E-state index contributed by atoms with van der Waals surface area (Å²) in [4.78, 5) is 11.0. The van der Waals surface area contributed by atoms with Crippen LogP contribution in [-0.2, 0) is 11.2 Å². The lowest BCUT2D eigenvalue weighted by Gasteiger charge is -2.26. The molecule has 0 saturated heterocycles. The highest BCUT2D eigenvalue weighted by atomic mass is 16.5. The highest BCUT2D eigenvalue weighted by Gasteiger charge is 2.22. The lowest BCUT2D eigenvalue weighted by atomic mass is 9.80. The van der Waals surface area contributed by atoms with Crippen molar-refractivity contribution in [2.75, 3.05) is 0 Å². The molecule has 2 nitrogen and oxygen atoms in total. The molecule has 1 aromatic carbocycles. The van der Waals surface area contributed by atoms with E-state index in [1.54, 1.807) is 0 Å². The quantitative estimate of drug-likeness (QED) is 0.205. The number of unbranched alkanes of at least 4 members (excludes halogenated alkanes) is 11. The molecule has 1 fully saturated rings. The Morgan fingerprint density at radius 1 is 0.828 bits per heavy atom. The topological polar surface area (TPSA) is 26.3 Å². The zero-order chi connectivity index (χ0) is 20.6. The Balaban J connectivity index is 1.67. The van der Waals surface area contributed by atoms with Crippen LogP contribution >= 0.6 is 0 Å². The third-order valence-corrected chi connectivity index (χ3v) is 6.64. The molecule has 1 aliphatic rings. The fraction of sp³-hybridized carbons (Fsp3) is 0.741. The van der Waals surface area contributed by atoms with E-state index in [0.29, 0.717) is 12.4 Å². The third-order valence-electron chi connectivity index (χ3n) is 6.64. The van der Waals surface area contributed by atoms with E-state index < -0.39 is 0 Å². The van der Waals surface area contributed by atoms with Gasteiger partial charge in [0.1, 0.15) is 5.75 Å². The van der Waals surface area contributed by atoms with Crippen molar-refractivity contribution in [3.8, 4) is 5.75 Å². The van der Waals surface area contributed by atoms with Crippen molar-refractivity contribution in [2.24, 2.45) is 0 Å². The number of rotatable bonds is 16. The smallest absolute Gasteiger partial charge is 0.298 e. The lowest BCUT2D eigenvalue weighted by molar-refractivity contribution is -0.120. The van der Waals surface area contributed by atoms with Gasteiger partial charge in [-0.3, -0.25) is 4.79 Å². The summed E-state index contributed by atoms with van der Waals surface area (Å²) in [5.74, 6) is 1.38. The average Bonchev–Trinajstić information content (AvgIpc) is 2.75. The maximum atomic E-state index is 11.0. The molecule has 1 saturated carbocycles. The van der Waals surface area contributed by atoms with Crippen LogP contribution in [0.15, 0.2) is 18.2 Å². The normalized spacial score (nSPS) is 14.8. The van der Waals surface area contributed by atoms with E-state index >= 15 is 0 Å². The summed E-state index contributed by atoms with van der Waals surface area (Å²) in [7, 11) is 0. The van der Waals surface area contributed by atoms with Gasteiger partial charge in [-0.1, -0.05) is 109 Å². The Morgan fingerprint density at radius 3 is 2.00 bits per heavy atom. The zero-order valence-electron chi connectivity index (χ0n) is 18.9. The number of ether oxygens (including phenoxy) is 1. The van der Waals surface area contributed by atoms with Crippen LogP contribution in [0.1, 0.15) is 133 Å².